The zero-order valence-electron chi connectivity index (χ0n) is 15.2. The van der Waals surface area contributed by atoms with E-state index in [0.717, 1.165) is 30.5 Å². The maximum Gasteiger partial charge on any atom is 0.227 e. The van der Waals surface area contributed by atoms with Gasteiger partial charge in [0.1, 0.15) is 0 Å². The number of benzene rings is 2. The number of nitrogens with one attached hydrogen (secondary N) is 2. The summed E-state index contributed by atoms with van der Waals surface area (Å²) in [5.74, 6) is 0.488. The summed E-state index contributed by atoms with van der Waals surface area (Å²) in [5, 5.41) is 5.95. The molecule has 1 aliphatic carbocycles. The standard InChI is InChI=1S/C22H26N2O2/c1-16(18-8-3-2-4-9-18)13-21(25)23-15-17-7-5-12-20(14-17)24-22(26)19-10-6-11-19/h2-5,7-9,12,14,16,19H,6,10-11,13,15H2,1H3,(H,23,25)(H,24,26). The van der Waals surface area contributed by atoms with E-state index in [4.69, 9.17) is 0 Å². The number of carbonyl (C=O) groups excluding carboxylic acids is 2. The minimum Gasteiger partial charge on any atom is -0.352 e. The zero-order chi connectivity index (χ0) is 18.4. The van der Waals surface area contributed by atoms with Crippen LogP contribution in [-0.2, 0) is 16.1 Å². The molecule has 0 bridgehead atoms. The monoisotopic (exact) mass is 350 g/mol. The molecular weight excluding hydrogens is 324 g/mol. The maximum atomic E-state index is 12.2. The molecule has 4 heteroatoms. The van der Waals surface area contributed by atoms with E-state index >= 15 is 0 Å². The van der Waals surface area contributed by atoms with E-state index in [-0.39, 0.29) is 23.7 Å². The lowest BCUT2D eigenvalue weighted by Gasteiger charge is -2.24. The average molecular weight is 350 g/mol. The van der Waals surface area contributed by atoms with E-state index in [1.54, 1.807) is 0 Å². The second-order valence-corrected chi connectivity index (χ2v) is 7.11. The van der Waals surface area contributed by atoms with Crippen LogP contribution in [-0.4, -0.2) is 11.8 Å². The van der Waals surface area contributed by atoms with E-state index in [0.29, 0.717) is 13.0 Å². The Balaban J connectivity index is 1.48. The quantitative estimate of drug-likeness (QED) is 0.785. The van der Waals surface area contributed by atoms with Crippen LogP contribution >= 0.6 is 0 Å². The lowest BCUT2D eigenvalue weighted by molar-refractivity contribution is -0.122. The van der Waals surface area contributed by atoms with Crippen molar-refractivity contribution >= 4 is 17.5 Å². The summed E-state index contributed by atoms with van der Waals surface area (Å²) < 4.78 is 0. The van der Waals surface area contributed by atoms with Crippen LogP contribution in [0, 0.1) is 5.92 Å². The summed E-state index contributed by atoms with van der Waals surface area (Å²) in [4.78, 5) is 24.3. The molecule has 2 aromatic rings. The van der Waals surface area contributed by atoms with Crippen LogP contribution in [0.2, 0.25) is 0 Å². The van der Waals surface area contributed by atoms with E-state index in [9.17, 15) is 9.59 Å². The van der Waals surface area contributed by atoms with Gasteiger partial charge in [-0.25, -0.2) is 0 Å². The topological polar surface area (TPSA) is 58.2 Å². The van der Waals surface area contributed by atoms with Crippen molar-refractivity contribution in [2.45, 2.75) is 45.1 Å². The molecule has 0 saturated heterocycles. The minimum atomic E-state index is 0.0326. The van der Waals surface area contributed by atoms with E-state index < -0.39 is 0 Å². The van der Waals surface area contributed by atoms with Crippen molar-refractivity contribution in [2.24, 2.45) is 5.92 Å². The molecule has 2 N–H and O–H groups in total. The van der Waals surface area contributed by atoms with E-state index in [1.165, 1.54) is 5.56 Å². The van der Waals surface area contributed by atoms with Crippen molar-refractivity contribution in [3.05, 3.63) is 65.7 Å². The van der Waals surface area contributed by atoms with Crippen molar-refractivity contribution in [3.8, 4) is 0 Å². The summed E-state index contributed by atoms with van der Waals surface area (Å²) in [6, 6.07) is 17.7. The van der Waals surface area contributed by atoms with Crippen LogP contribution in [0.15, 0.2) is 54.6 Å². The first kappa shape index (κ1) is 18.2. The Morgan fingerprint density at radius 3 is 2.54 bits per heavy atom. The molecule has 1 atom stereocenters. The Hall–Kier alpha value is -2.62. The molecule has 4 nitrogen and oxygen atoms in total. The van der Waals surface area contributed by atoms with Crippen LogP contribution in [0.3, 0.4) is 0 Å². The van der Waals surface area contributed by atoms with Crippen molar-refractivity contribution < 1.29 is 9.59 Å². The number of amides is 2. The molecule has 1 unspecified atom stereocenters. The SMILES string of the molecule is CC(CC(=O)NCc1cccc(NC(=O)C2CCC2)c1)c1ccccc1. The Bertz CT molecular complexity index is 754. The Morgan fingerprint density at radius 2 is 1.85 bits per heavy atom. The van der Waals surface area contributed by atoms with Gasteiger partial charge in [-0.3, -0.25) is 9.59 Å². The zero-order valence-corrected chi connectivity index (χ0v) is 15.2. The molecule has 2 amide bonds. The summed E-state index contributed by atoms with van der Waals surface area (Å²) in [7, 11) is 0. The summed E-state index contributed by atoms with van der Waals surface area (Å²) >= 11 is 0. The highest BCUT2D eigenvalue weighted by molar-refractivity contribution is 5.93. The van der Waals surface area contributed by atoms with Gasteiger partial charge in [-0.1, -0.05) is 55.8 Å². The van der Waals surface area contributed by atoms with Gasteiger partial charge in [-0.15, -0.1) is 0 Å². The highest BCUT2D eigenvalue weighted by Gasteiger charge is 2.25. The fourth-order valence-corrected chi connectivity index (χ4v) is 3.12. The Labute approximate surface area is 155 Å². The fraction of sp³-hybridized carbons (Fsp3) is 0.364. The van der Waals surface area contributed by atoms with Gasteiger partial charge < -0.3 is 10.6 Å². The first-order valence-electron chi connectivity index (χ1n) is 9.33. The van der Waals surface area contributed by atoms with Crippen LogP contribution in [0.1, 0.15) is 49.7 Å². The van der Waals surface area contributed by atoms with Gasteiger partial charge in [0.05, 0.1) is 0 Å². The second kappa shape index (κ2) is 8.65. The molecule has 3 rings (SSSR count). The second-order valence-electron chi connectivity index (χ2n) is 7.11. The fourth-order valence-electron chi connectivity index (χ4n) is 3.12. The first-order valence-corrected chi connectivity index (χ1v) is 9.33. The minimum absolute atomic E-state index is 0.0326. The van der Waals surface area contributed by atoms with Gasteiger partial charge in [0.2, 0.25) is 11.8 Å². The number of rotatable bonds is 7. The Kier molecular flexibility index (Phi) is 6.05. The molecule has 136 valence electrons. The molecule has 0 radical (unpaired) electrons. The molecule has 1 aliphatic rings. The van der Waals surface area contributed by atoms with Crippen molar-refractivity contribution in [2.75, 3.05) is 5.32 Å². The normalized spacial score (nSPS) is 15.0. The predicted molar refractivity (Wildman–Crippen MR) is 104 cm³/mol. The van der Waals surface area contributed by atoms with Crippen molar-refractivity contribution in [1.82, 2.24) is 5.32 Å². The van der Waals surface area contributed by atoms with E-state index in [1.807, 2.05) is 54.6 Å². The average Bonchev–Trinajstić information content (AvgIpc) is 2.59. The molecule has 0 aromatic heterocycles. The highest BCUT2D eigenvalue weighted by Crippen LogP contribution is 2.27. The van der Waals surface area contributed by atoms with Crippen LogP contribution in [0.4, 0.5) is 5.69 Å². The highest BCUT2D eigenvalue weighted by atomic mass is 16.2. The number of carbonyl (C=O) groups is 2. The Morgan fingerprint density at radius 1 is 1.08 bits per heavy atom. The third-order valence-electron chi connectivity index (χ3n) is 5.02. The summed E-state index contributed by atoms with van der Waals surface area (Å²) in [5.41, 5.74) is 2.95. The maximum absolute atomic E-state index is 12.2. The molecule has 1 fully saturated rings. The van der Waals surface area contributed by atoms with Gasteiger partial charge in [-0.05, 0) is 42.0 Å². The molecule has 1 saturated carbocycles. The third-order valence-corrected chi connectivity index (χ3v) is 5.02. The van der Waals surface area contributed by atoms with Crippen LogP contribution in [0.5, 0.6) is 0 Å². The van der Waals surface area contributed by atoms with Gasteiger partial charge in [0, 0.05) is 24.6 Å². The van der Waals surface area contributed by atoms with Gasteiger partial charge >= 0.3 is 0 Å². The molecule has 2 aromatic carbocycles. The van der Waals surface area contributed by atoms with Crippen LogP contribution in [0.25, 0.3) is 0 Å². The lowest BCUT2D eigenvalue weighted by atomic mass is 9.85. The van der Waals surface area contributed by atoms with Gasteiger partial charge in [0.25, 0.3) is 0 Å². The molecule has 26 heavy (non-hydrogen) atoms. The molecule has 0 aliphatic heterocycles. The third kappa shape index (κ3) is 4.94. The summed E-state index contributed by atoms with van der Waals surface area (Å²) in [6.45, 7) is 2.53. The summed E-state index contributed by atoms with van der Waals surface area (Å²) in [6.07, 6.45) is 3.58. The smallest absolute Gasteiger partial charge is 0.227 e. The van der Waals surface area contributed by atoms with Crippen molar-refractivity contribution in [3.63, 3.8) is 0 Å². The molecule has 0 spiro atoms. The number of anilines is 1. The number of hydrogen-bond acceptors (Lipinski definition) is 2. The predicted octanol–water partition coefficient (Wildman–Crippen LogP) is 4.24. The number of hydrogen-bond donors (Lipinski definition) is 2. The lowest BCUT2D eigenvalue weighted by Crippen LogP contribution is -2.28. The largest absolute Gasteiger partial charge is 0.352 e. The van der Waals surface area contributed by atoms with Gasteiger partial charge in [0.15, 0.2) is 0 Å². The first-order chi connectivity index (χ1) is 12.6. The van der Waals surface area contributed by atoms with Gasteiger partial charge in [-0.2, -0.15) is 0 Å². The van der Waals surface area contributed by atoms with Crippen LogP contribution < -0.4 is 10.6 Å². The molecular formula is C22H26N2O2. The molecule has 0 heterocycles. The van der Waals surface area contributed by atoms with E-state index in [2.05, 4.69) is 17.6 Å². The van der Waals surface area contributed by atoms with Crippen molar-refractivity contribution in [1.29, 1.82) is 0 Å².